The average molecular weight is 236 g/mol. The monoisotopic (exact) mass is 236 g/mol. The molecule has 1 heterocycles. The molecule has 0 aliphatic heterocycles. The predicted octanol–water partition coefficient (Wildman–Crippen LogP) is 1.54. The quantitative estimate of drug-likeness (QED) is 0.836. The standard InChI is InChI=1S/C13H20N2O2/c1-2-15-9-5-7-11(15)13(17)14-10-6-3-4-8-12(10)16/h5,7,9-10,12,16H,2-4,6,8H2,1H3,(H,14,17)/t10-,12-/m0/s1. The van der Waals surface area contributed by atoms with Crippen molar-refractivity contribution in [2.45, 2.75) is 51.3 Å². The Bertz CT molecular complexity index is 387. The molecule has 1 aliphatic carbocycles. The molecular formula is C13H20N2O2. The topological polar surface area (TPSA) is 54.3 Å². The van der Waals surface area contributed by atoms with Crippen LogP contribution in [0.3, 0.4) is 0 Å². The van der Waals surface area contributed by atoms with Gasteiger partial charge in [0, 0.05) is 12.7 Å². The van der Waals surface area contributed by atoms with Crippen molar-refractivity contribution in [2.24, 2.45) is 0 Å². The number of aliphatic hydroxyl groups excluding tert-OH is 1. The SMILES string of the molecule is CCn1cccc1C(=O)N[C@H]1CCCC[C@@H]1O. The van der Waals surface area contributed by atoms with E-state index in [0.717, 1.165) is 32.2 Å². The van der Waals surface area contributed by atoms with E-state index in [-0.39, 0.29) is 11.9 Å². The molecule has 0 spiro atoms. The average Bonchev–Trinajstić information content (AvgIpc) is 2.80. The number of aromatic nitrogens is 1. The van der Waals surface area contributed by atoms with Crippen molar-refractivity contribution in [1.82, 2.24) is 9.88 Å². The molecule has 17 heavy (non-hydrogen) atoms. The minimum absolute atomic E-state index is 0.0807. The van der Waals surface area contributed by atoms with Gasteiger partial charge in [0.2, 0.25) is 0 Å². The minimum Gasteiger partial charge on any atom is -0.391 e. The third-order valence-corrected chi connectivity index (χ3v) is 3.45. The van der Waals surface area contributed by atoms with Gasteiger partial charge >= 0.3 is 0 Å². The molecule has 2 rings (SSSR count). The number of carbonyl (C=O) groups is 1. The molecule has 0 aromatic carbocycles. The fourth-order valence-corrected chi connectivity index (χ4v) is 2.42. The number of aliphatic hydroxyl groups is 1. The highest BCUT2D eigenvalue weighted by Gasteiger charge is 2.25. The predicted molar refractivity (Wildman–Crippen MR) is 65.8 cm³/mol. The molecule has 1 amide bonds. The highest BCUT2D eigenvalue weighted by molar-refractivity contribution is 5.93. The summed E-state index contributed by atoms with van der Waals surface area (Å²) in [6.07, 6.45) is 5.30. The van der Waals surface area contributed by atoms with Crippen molar-refractivity contribution >= 4 is 5.91 Å². The van der Waals surface area contributed by atoms with Gasteiger partial charge in [-0.15, -0.1) is 0 Å². The van der Waals surface area contributed by atoms with E-state index in [2.05, 4.69) is 5.32 Å². The van der Waals surface area contributed by atoms with Gasteiger partial charge in [-0.2, -0.15) is 0 Å². The number of amides is 1. The Kier molecular flexibility index (Phi) is 3.84. The molecule has 0 unspecified atom stereocenters. The molecule has 0 radical (unpaired) electrons. The van der Waals surface area contributed by atoms with Gasteiger partial charge in [-0.3, -0.25) is 4.79 Å². The zero-order chi connectivity index (χ0) is 12.3. The third kappa shape index (κ3) is 2.69. The lowest BCUT2D eigenvalue weighted by Gasteiger charge is -2.28. The first-order valence-corrected chi connectivity index (χ1v) is 6.36. The number of hydrogen-bond donors (Lipinski definition) is 2. The van der Waals surface area contributed by atoms with Crippen molar-refractivity contribution in [3.05, 3.63) is 24.0 Å². The number of rotatable bonds is 3. The summed E-state index contributed by atoms with van der Waals surface area (Å²) >= 11 is 0. The van der Waals surface area contributed by atoms with Crippen LogP contribution in [0.2, 0.25) is 0 Å². The van der Waals surface area contributed by atoms with Crippen LogP contribution in [0.4, 0.5) is 0 Å². The molecule has 1 aromatic rings. The first-order valence-electron chi connectivity index (χ1n) is 6.36. The summed E-state index contributed by atoms with van der Waals surface area (Å²) < 4.78 is 1.91. The summed E-state index contributed by atoms with van der Waals surface area (Å²) in [5.41, 5.74) is 0.672. The Hall–Kier alpha value is -1.29. The maximum absolute atomic E-state index is 12.1. The smallest absolute Gasteiger partial charge is 0.268 e. The van der Waals surface area contributed by atoms with Crippen LogP contribution in [0.15, 0.2) is 18.3 Å². The van der Waals surface area contributed by atoms with E-state index in [1.54, 1.807) is 0 Å². The number of aryl methyl sites for hydroxylation is 1. The number of nitrogens with zero attached hydrogens (tertiary/aromatic N) is 1. The Morgan fingerprint density at radius 3 is 3.00 bits per heavy atom. The van der Waals surface area contributed by atoms with Gasteiger partial charge < -0.3 is 15.0 Å². The van der Waals surface area contributed by atoms with Crippen molar-refractivity contribution in [3.63, 3.8) is 0 Å². The normalized spacial score (nSPS) is 24.6. The molecule has 1 aliphatic rings. The molecule has 2 atom stereocenters. The van der Waals surface area contributed by atoms with Gasteiger partial charge in [0.25, 0.3) is 5.91 Å². The largest absolute Gasteiger partial charge is 0.391 e. The number of hydrogen-bond acceptors (Lipinski definition) is 2. The van der Waals surface area contributed by atoms with Gasteiger partial charge in [0.15, 0.2) is 0 Å². The zero-order valence-electron chi connectivity index (χ0n) is 10.2. The molecule has 0 saturated heterocycles. The first-order chi connectivity index (χ1) is 8.22. The highest BCUT2D eigenvalue weighted by atomic mass is 16.3. The lowest BCUT2D eigenvalue weighted by atomic mass is 9.92. The first kappa shape index (κ1) is 12.2. The van der Waals surface area contributed by atoms with Crippen LogP contribution in [0.1, 0.15) is 43.1 Å². The minimum atomic E-state index is -0.391. The van der Waals surface area contributed by atoms with Crippen LogP contribution in [0.25, 0.3) is 0 Å². The Labute approximate surface area is 102 Å². The summed E-state index contributed by atoms with van der Waals surface area (Å²) in [4.78, 5) is 12.1. The van der Waals surface area contributed by atoms with E-state index in [1.165, 1.54) is 0 Å². The van der Waals surface area contributed by atoms with E-state index in [9.17, 15) is 9.90 Å². The maximum atomic E-state index is 12.1. The van der Waals surface area contributed by atoms with Gasteiger partial charge in [-0.25, -0.2) is 0 Å². The lowest BCUT2D eigenvalue weighted by molar-refractivity contribution is 0.0711. The molecule has 4 heteroatoms. The van der Waals surface area contributed by atoms with Crippen LogP contribution in [-0.2, 0) is 6.54 Å². The fraction of sp³-hybridized carbons (Fsp3) is 0.615. The van der Waals surface area contributed by atoms with Gasteiger partial charge in [0.05, 0.1) is 12.1 Å². The summed E-state index contributed by atoms with van der Waals surface area (Å²) in [5, 5.41) is 12.8. The zero-order valence-corrected chi connectivity index (χ0v) is 10.2. The molecular weight excluding hydrogens is 216 g/mol. The molecule has 94 valence electrons. The molecule has 1 aromatic heterocycles. The molecule has 1 fully saturated rings. The Morgan fingerprint density at radius 1 is 1.53 bits per heavy atom. The lowest BCUT2D eigenvalue weighted by Crippen LogP contribution is -2.45. The number of carbonyl (C=O) groups excluding carboxylic acids is 1. The van der Waals surface area contributed by atoms with Gasteiger partial charge in [0.1, 0.15) is 5.69 Å². The molecule has 0 bridgehead atoms. The summed E-state index contributed by atoms with van der Waals surface area (Å²) in [5.74, 6) is -0.0807. The summed E-state index contributed by atoms with van der Waals surface area (Å²) in [6.45, 7) is 2.79. The Balaban J connectivity index is 2.01. The second kappa shape index (κ2) is 5.36. The van der Waals surface area contributed by atoms with Crippen LogP contribution < -0.4 is 5.32 Å². The van der Waals surface area contributed by atoms with Gasteiger partial charge in [-0.05, 0) is 31.9 Å². The highest BCUT2D eigenvalue weighted by Crippen LogP contribution is 2.18. The van der Waals surface area contributed by atoms with E-state index in [4.69, 9.17) is 0 Å². The second-order valence-electron chi connectivity index (χ2n) is 4.61. The Morgan fingerprint density at radius 2 is 2.29 bits per heavy atom. The van der Waals surface area contributed by atoms with Crippen LogP contribution in [0.5, 0.6) is 0 Å². The van der Waals surface area contributed by atoms with E-state index >= 15 is 0 Å². The molecule has 1 saturated carbocycles. The maximum Gasteiger partial charge on any atom is 0.268 e. The number of nitrogens with one attached hydrogen (secondary N) is 1. The van der Waals surface area contributed by atoms with Crippen molar-refractivity contribution < 1.29 is 9.90 Å². The third-order valence-electron chi connectivity index (χ3n) is 3.45. The summed E-state index contributed by atoms with van der Waals surface area (Å²) in [6, 6.07) is 3.60. The van der Waals surface area contributed by atoms with Crippen molar-refractivity contribution in [3.8, 4) is 0 Å². The second-order valence-corrected chi connectivity index (χ2v) is 4.61. The van der Waals surface area contributed by atoms with Crippen molar-refractivity contribution in [1.29, 1.82) is 0 Å². The fourth-order valence-electron chi connectivity index (χ4n) is 2.42. The molecule has 2 N–H and O–H groups in total. The van der Waals surface area contributed by atoms with Crippen molar-refractivity contribution in [2.75, 3.05) is 0 Å². The van der Waals surface area contributed by atoms with E-state index < -0.39 is 6.10 Å². The van der Waals surface area contributed by atoms with Gasteiger partial charge in [-0.1, -0.05) is 12.8 Å². The van der Waals surface area contributed by atoms with E-state index in [0.29, 0.717) is 5.69 Å². The van der Waals surface area contributed by atoms with E-state index in [1.807, 2.05) is 29.8 Å². The molecule has 4 nitrogen and oxygen atoms in total. The summed E-state index contributed by atoms with van der Waals surface area (Å²) in [7, 11) is 0. The van der Waals surface area contributed by atoms with Crippen LogP contribution in [0, 0.1) is 0 Å². The van der Waals surface area contributed by atoms with Crippen LogP contribution in [-0.4, -0.2) is 27.7 Å². The van der Waals surface area contributed by atoms with Crippen LogP contribution >= 0.6 is 0 Å².